The van der Waals surface area contributed by atoms with Crippen molar-refractivity contribution in [1.29, 1.82) is 0 Å². The van der Waals surface area contributed by atoms with Crippen LogP contribution in [0.4, 0.5) is 0 Å². The summed E-state index contributed by atoms with van der Waals surface area (Å²) in [6.07, 6.45) is 17.6. The molecule has 1 aliphatic rings. The third-order valence-corrected chi connectivity index (χ3v) is 4.51. The van der Waals surface area contributed by atoms with Gasteiger partial charge in [-0.25, -0.2) is 0 Å². The van der Waals surface area contributed by atoms with Crippen molar-refractivity contribution in [2.75, 3.05) is 0 Å². The molecule has 1 fully saturated rings. The van der Waals surface area contributed by atoms with Gasteiger partial charge in [-0.15, -0.1) is 6.58 Å². The van der Waals surface area contributed by atoms with Crippen LogP contribution in [-0.4, -0.2) is 5.78 Å². The first-order chi connectivity index (χ1) is 10.1. The highest BCUT2D eigenvalue weighted by Gasteiger charge is 2.28. The maximum Gasteiger partial charge on any atom is 0.133 e. The van der Waals surface area contributed by atoms with E-state index in [0.29, 0.717) is 11.2 Å². The number of carbonyl (C=O) groups is 1. The first kappa shape index (κ1) is 20.4. The van der Waals surface area contributed by atoms with Crippen LogP contribution >= 0.6 is 0 Å². The van der Waals surface area contributed by atoms with E-state index in [0.717, 1.165) is 19.3 Å². The summed E-state index contributed by atoms with van der Waals surface area (Å²) in [6, 6.07) is 0. The minimum Gasteiger partial charge on any atom is -0.300 e. The van der Waals surface area contributed by atoms with Crippen LogP contribution in [0.3, 0.4) is 0 Å². The van der Waals surface area contributed by atoms with Gasteiger partial charge in [0.25, 0.3) is 0 Å². The fraction of sp³-hybridized carbons (Fsp3) is 0.850. The maximum absolute atomic E-state index is 11.6. The monoisotopic (exact) mass is 294 g/mol. The Labute approximate surface area is 133 Å². The molecule has 0 N–H and O–H groups in total. The van der Waals surface area contributed by atoms with Gasteiger partial charge in [-0.2, -0.15) is 0 Å². The molecule has 21 heavy (non-hydrogen) atoms. The van der Waals surface area contributed by atoms with E-state index in [1.807, 2.05) is 6.08 Å². The Balaban J connectivity index is 0.000000567. The van der Waals surface area contributed by atoms with Gasteiger partial charge >= 0.3 is 0 Å². The van der Waals surface area contributed by atoms with Gasteiger partial charge in [-0.05, 0) is 31.1 Å². The summed E-state index contributed by atoms with van der Waals surface area (Å²) in [4.78, 5) is 11.6. The van der Waals surface area contributed by atoms with Crippen LogP contribution in [-0.2, 0) is 4.79 Å². The van der Waals surface area contributed by atoms with Crippen LogP contribution in [0.15, 0.2) is 12.7 Å². The molecule has 0 aliphatic heterocycles. The standard InChI is InChI=1S/C14H26O.C6H12/c1-3-4-5-7-10-14(2)11-8-6-9-13(15)12-14;1-3-5-6-4-2/h3-12H2,1-2H3;3H,1,4-6H2,2H3/t14-;/m1./s1. The predicted octanol–water partition coefficient (Wildman–Crippen LogP) is 6.86. The van der Waals surface area contributed by atoms with E-state index in [1.165, 1.54) is 64.2 Å². The van der Waals surface area contributed by atoms with Crippen molar-refractivity contribution in [2.24, 2.45) is 5.41 Å². The first-order valence-electron chi connectivity index (χ1n) is 9.20. The second-order valence-corrected chi connectivity index (χ2v) is 6.97. The summed E-state index contributed by atoms with van der Waals surface area (Å²) < 4.78 is 0. The molecular formula is C20H38O. The second kappa shape index (κ2) is 13.1. The summed E-state index contributed by atoms with van der Waals surface area (Å²) in [5.41, 5.74) is 0.335. The van der Waals surface area contributed by atoms with E-state index >= 15 is 0 Å². The Morgan fingerprint density at radius 1 is 1.10 bits per heavy atom. The van der Waals surface area contributed by atoms with E-state index in [2.05, 4.69) is 27.4 Å². The molecule has 1 nitrogen and oxygen atoms in total. The lowest BCUT2D eigenvalue weighted by Gasteiger charge is -2.27. The summed E-state index contributed by atoms with van der Waals surface area (Å²) in [5.74, 6) is 0.505. The Kier molecular flexibility index (Phi) is 12.7. The summed E-state index contributed by atoms with van der Waals surface area (Å²) >= 11 is 0. The SMILES string of the molecule is C=CCCCC.CCCCCC[C@]1(C)CCCCC(=O)C1. The van der Waals surface area contributed by atoms with Crippen molar-refractivity contribution in [2.45, 2.75) is 104 Å². The van der Waals surface area contributed by atoms with Crippen molar-refractivity contribution in [3.63, 3.8) is 0 Å². The third-order valence-electron chi connectivity index (χ3n) is 4.51. The van der Waals surface area contributed by atoms with E-state index in [-0.39, 0.29) is 0 Å². The van der Waals surface area contributed by atoms with Crippen molar-refractivity contribution < 1.29 is 4.79 Å². The highest BCUT2D eigenvalue weighted by Crippen LogP contribution is 2.37. The molecule has 1 saturated carbocycles. The van der Waals surface area contributed by atoms with Crippen LogP contribution in [0.5, 0.6) is 0 Å². The van der Waals surface area contributed by atoms with Crippen LogP contribution in [0, 0.1) is 5.41 Å². The summed E-state index contributed by atoms with van der Waals surface area (Å²) in [6.45, 7) is 10.4. The Morgan fingerprint density at radius 3 is 2.38 bits per heavy atom. The lowest BCUT2D eigenvalue weighted by molar-refractivity contribution is -0.120. The molecule has 0 aromatic carbocycles. The van der Waals surface area contributed by atoms with Crippen molar-refractivity contribution in [1.82, 2.24) is 0 Å². The van der Waals surface area contributed by atoms with Crippen molar-refractivity contribution in [3.8, 4) is 0 Å². The van der Waals surface area contributed by atoms with E-state index < -0.39 is 0 Å². The largest absolute Gasteiger partial charge is 0.300 e. The normalized spacial score (nSPS) is 22.1. The quantitative estimate of drug-likeness (QED) is 0.271. The van der Waals surface area contributed by atoms with Crippen LogP contribution < -0.4 is 0 Å². The fourth-order valence-electron chi connectivity index (χ4n) is 3.07. The maximum atomic E-state index is 11.6. The van der Waals surface area contributed by atoms with Gasteiger partial charge in [-0.3, -0.25) is 4.79 Å². The Morgan fingerprint density at radius 2 is 1.81 bits per heavy atom. The average Bonchev–Trinajstić information content (AvgIpc) is 2.63. The summed E-state index contributed by atoms with van der Waals surface area (Å²) in [5, 5.41) is 0. The molecule has 0 heterocycles. The lowest BCUT2D eigenvalue weighted by Crippen LogP contribution is -2.18. The zero-order chi connectivity index (χ0) is 16.0. The van der Waals surface area contributed by atoms with Gasteiger partial charge in [0.2, 0.25) is 0 Å². The van der Waals surface area contributed by atoms with Crippen molar-refractivity contribution >= 4 is 5.78 Å². The van der Waals surface area contributed by atoms with E-state index in [4.69, 9.17) is 0 Å². The molecule has 1 atom stereocenters. The highest BCUT2D eigenvalue weighted by atomic mass is 16.1. The fourth-order valence-corrected chi connectivity index (χ4v) is 3.07. The molecule has 1 aliphatic carbocycles. The number of ketones is 1. The van der Waals surface area contributed by atoms with E-state index in [9.17, 15) is 4.79 Å². The lowest BCUT2D eigenvalue weighted by atomic mass is 9.78. The van der Waals surface area contributed by atoms with Gasteiger partial charge in [0.05, 0.1) is 0 Å². The number of allylic oxidation sites excluding steroid dienone is 1. The van der Waals surface area contributed by atoms with Crippen molar-refractivity contribution in [3.05, 3.63) is 12.7 Å². The molecule has 1 rings (SSSR count). The number of unbranched alkanes of at least 4 members (excludes halogenated alkanes) is 5. The summed E-state index contributed by atoms with van der Waals surface area (Å²) in [7, 11) is 0. The minimum absolute atomic E-state index is 0.335. The molecule has 0 radical (unpaired) electrons. The average molecular weight is 295 g/mol. The van der Waals surface area contributed by atoms with Gasteiger partial charge in [0, 0.05) is 12.8 Å². The molecule has 0 bridgehead atoms. The molecule has 0 unspecified atom stereocenters. The zero-order valence-corrected chi connectivity index (χ0v) is 14.9. The first-order valence-corrected chi connectivity index (χ1v) is 9.20. The molecule has 0 aromatic heterocycles. The van der Waals surface area contributed by atoms with E-state index in [1.54, 1.807) is 0 Å². The second-order valence-electron chi connectivity index (χ2n) is 6.97. The van der Waals surface area contributed by atoms with Gasteiger partial charge < -0.3 is 0 Å². The molecule has 0 spiro atoms. The number of hydrogen-bond acceptors (Lipinski definition) is 1. The number of Topliss-reactive ketones (excluding diaryl/α,β-unsaturated/α-hetero) is 1. The molecular weight excluding hydrogens is 256 g/mol. The van der Waals surface area contributed by atoms with Gasteiger partial charge in [-0.1, -0.05) is 71.8 Å². The smallest absolute Gasteiger partial charge is 0.133 e. The van der Waals surface area contributed by atoms with Crippen LogP contribution in [0.2, 0.25) is 0 Å². The Hall–Kier alpha value is -0.590. The highest BCUT2D eigenvalue weighted by molar-refractivity contribution is 5.79. The van der Waals surface area contributed by atoms with Crippen LogP contribution in [0.1, 0.15) is 104 Å². The number of hydrogen-bond donors (Lipinski definition) is 0. The number of carbonyl (C=O) groups excluding carboxylic acids is 1. The topological polar surface area (TPSA) is 17.1 Å². The van der Waals surface area contributed by atoms with Gasteiger partial charge in [0.15, 0.2) is 0 Å². The number of rotatable bonds is 8. The van der Waals surface area contributed by atoms with Crippen LogP contribution in [0.25, 0.3) is 0 Å². The molecule has 0 saturated heterocycles. The zero-order valence-electron chi connectivity index (χ0n) is 14.9. The minimum atomic E-state index is 0.335. The Bertz CT molecular complexity index is 269. The molecule has 0 amide bonds. The predicted molar refractivity (Wildman–Crippen MR) is 94.7 cm³/mol. The molecule has 1 heteroatoms. The van der Waals surface area contributed by atoms with Gasteiger partial charge in [0.1, 0.15) is 5.78 Å². The third kappa shape index (κ3) is 11.7. The molecule has 0 aromatic rings. The molecule has 124 valence electrons.